The Morgan fingerprint density at radius 3 is 2.31 bits per heavy atom. The molecule has 1 saturated heterocycles. The largest absolute Gasteiger partial charge is 0.353 e. The number of amides is 1. The Morgan fingerprint density at radius 2 is 1.54 bits per heavy atom. The maximum Gasteiger partial charge on any atom is 0.228 e. The number of pyridine rings is 1. The van der Waals surface area contributed by atoms with Crippen LogP contribution in [-0.4, -0.2) is 51.9 Å². The number of carbonyl (C=O) groups excluding carboxylic acids is 1. The van der Waals surface area contributed by atoms with Gasteiger partial charge in [0.1, 0.15) is 5.82 Å². The number of hydrogen-bond donors (Lipinski definition) is 1. The lowest BCUT2D eigenvalue weighted by molar-refractivity contribution is -0.115. The first kappa shape index (κ1) is 24.7. The van der Waals surface area contributed by atoms with Crippen molar-refractivity contribution in [2.45, 2.75) is 13.0 Å². The lowest BCUT2D eigenvalue weighted by atomic mass is 10.0. The number of nitrogens with zero attached hydrogens (tertiary/aromatic N) is 5. The molecule has 39 heavy (non-hydrogen) atoms. The molecule has 7 heteroatoms. The van der Waals surface area contributed by atoms with Gasteiger partial charge in [-0.15, -0.1) is 0 Å². The van der Waals surface area contributed by atoms with Crippen LogP contribution in [0.4, 0.5) is 11.5 Å². The molecule has 194 valence electrons. The molecule has 0 spiro atoms. The Hall–Kier alpha value is -4.62. The summed E-state index contributed by atoms with van der Waals surface area (Å²) in [5, 5.41) is 2.99. The molecular formula is C32H30N6O. The molecule has 3 aromatic carbocycles. The molecule has 0 saturated carbocycles. The summed E-state index contributed by atoms with van der Waals surface area (Å²) >= 11 is 0. The monoisotopic (exact) mass is 514 g/mol. The lowest BCUT2D eigenvalue weighted by Crippen LogP contribution is -2.46. The molecule has 0 atom stereocenters. The maximum atomic E-state index is 12.4. The average Bonchev–Trinajstić information content (AvgIpc) is 2.98. The molecule has 0 radical (unpaired) electrons. The van der Waals surface area contributed by atoms with E-state index < -0.39 is 0 Å². The molecule has 2 aromatic heterocycles. The molecule has 5 aromatic rings. The van der Waals surface area contributed by atoms with Crippen LogP contribution in [0.5, 0.6) is 0 Å². The Balaban J connectivity index is 1.11. The van der Waals surface area contributed by atoms with Gasteiger partial charge in [-0.25, -0.2) is 4.98 Å². The number of carbonyl (C=O) groups is 1. The van der Waals surface area contributed by atoms with E-state index in [-0.39, 0.29) is 5.91 Å². The van der Waals surface area contributed by atoms with Gasteiger partial charge in [-0.1, -0.05) is 54.6 Å². The second-order valence-electron chi connectivity index (χ2n) is 9.80. The maximum absolute atomic E-state index is 12.4. The van der Waals surface area contributed by atoms with E-state index in [1.54, 1.807) is 0 Å². The van der Waals surface area contributed by atoms with E-state index in [0.717, 1.165) is 77.6 Å². The van der Waals surface area contributed by atoms with E-state index in [9.17, 15) is 4.79 Å². The fourth-order valence-corrected chi connectivity index (χ4v) is 4.92. The van der Waals surface area contributed by atoms with E-state index in [0.29, 0.717) is 6.42 Å². The SMILES string of the molecule is O=C(Cc1ccccc1)Nc1ccc(-c2ccc3ncc(N4CCN(Cc5ccccn5)CC4)nc3c2)cc1. The van der Waals surface area contributed by atoms with Gasteiger partial charge in [-0.05, 0) is 53.1 Å². The minimum Gasteiger partial charge on any atom is -0.353 e. The summed E-state index contributed by atoms with van der Waals surface area (Å²) < 4.78 is 0. The molecule has 6 rings (SSSR count). The van der Waals surface area contributed by atoms with Crippen molar-refractivity contribution in [3.63, 3.8) is 0 Å². The molecule has 3 heterocycles. The van der Waals surface area contributed by atoms with Gasteiger partial charge in [-0.3, -0.25) is 19.7 Å². The van der Waals surface area contributed by atoms with Gasteiger partial charge in [0.25, 0.3) is 0 Å². The smallest absolute Gasteiger partial charge is 0.228 e. The predicted molar refractivity (Wildman–Crippen MR) is 155 cm³/mol. The van der Waals surface area contributed by atoms with E-state index in [1.165, 1.54) is 0 Å². The van der Waals surface area contributed by atoms with Crippen molar-refractivity contribution in [3.8, 4) is 11.1 Å². The minimum absolute atomic E-state index is 0.0278. The first-order valence-corrected chi connectivity index (χ1v) is 13.3. The number of rotatable bonds is 7. The summed E-state index contributed by atoms with van der Waals surface area (Å²) in [6.45, 7) is 4.61. The summed E-state index contributed by atoms with van der Waals surface area (Å²) in [6.07, 6.45) is 4.08. The van der Waals surface area contributed by atoms with Crippen molar-refractivity contribution in [3.05, 3.63) is 115 Å². The van der Waals surface area contributed by atoms with Crippen molar-refractivity contribution in [1.82, 2.24) is 19.9 Å². The van der Waals surface area contributed by atoms with Gasteiger partial charge < -0.3 is 10.2 Å². The first-order valence-electron chi connectivity index (χ1n) is 13.3. The molecule has 0 aliphatic carbocycles. The second kappa shape index (κ2) is 11.4. The number of piperazine rings is 1. The van der Waals surface area contributed by atoms with Crippen LogP contribution in [-0.2, 0) is 17.8 Å². The third-order valence-corrected chi connectivity index (χ3v) is 7.05. The summed E-state index contributed by atoms with van der Waals surface area (Å²) in [7, 11) is 0. The summed E-state index contributed by atoms with van der Waals surface area (Å²) in [5.41, 5.74) is 6.76. The van der Waals surface area contributed by atoms with Crippen LogP contribution in [0.25, 0.3) is 22.2 Å². The van der Waals surface area contributed by atoms with Crippen molar-refractivity contribution in [2.75, 3.05) is 36.4 Å². The Morgan fingerprint density at radius 1 is 0.769 bits per heavy atom. The Kier molecular flexibility index (Phi) is 7.23. The summed E-state index contributed by atoms with van der Waals surface area (Å²) in [4.78, 5) is 31.3. The van der Waals surface area contributed by atoms with Gasteiger partial charge >= 0.3 is 0 Å². The molecule has 1 amide bonds. The number of nitrogens with one attached hydrogen (secondary N) is 1. The van der Waals surface area contributed by atoms with Crippen LogP contribution in [0.3, 0.4) is 0 Å². The van der Waals surface area contributed by atoms with Crippen molar-refractivity contribution in [1.29, 1.82) is 0 Å². The molecule has 0 bridgehead atoms. The lowest BCUT2D eigenvalue weighted by Gasteiger charge is -2.35. The zero-order valence-electron chi connectivity index (χ0n) is 21.7. The molecule has 7 nitrogen and oxygen atoms in total. The highest BCUT2D eigenvalue weighted by molar-refractivity contribution is 5.92. The fourth-order valence-electron chi connectivity index (χ4n) is 4.92. The standard InChI is InChI=1S/C32H30N6O/c39-32(20-24-6-2-1-3-7-24)35-27-12-9-25(10-13-27)26-11-14-29-30(21-26)36-31(22-34-29)38-18-16-37(17-19-38)23-28-8-4-5-15-33-28/h1-15,21-22H,16-20,23H2,(H,35,39). The second-order valence-corrected chi connectivity index (χ2v) is 9.80. The van der Waals surface area contributed by atoms with Gasteiger partial charge in [0.05, 0.1) is 29.3 Å². The molecule has 1 fully saturated rings. The van der Waals surface area contributed by atoms with Crippen LogP contribution >= 0.6 is 0 Å². The fraction of sp³-hybridized carbons (Fsp3) is 0.188. The van der Waals surface area contributed by atoms with Gasteiger partial charge in [0, 0.05) is 44.6 Å². The molecule has 1 N–H and O–H groups in total. The van der Waals surface area contributed by atoms with Gasteiger partial charge in [0.15, 0.2) is 0 Å². The van der Waals surface area contributed by atoms with Crippen molar-refractivity contribution < 1.29 is 4.79 Å². The Labute approximate surface area is 228 Å². The van der Waals surface area contributed by atoms with E-state index in [1.807, 2.05) is 85.2 Å². The van der Waals surface area contributed by atoms with E-state index >= 15 is 0 Å². The minimum atomic E-state index is -0.0278. The third kappa shape index (κ3) is 6.10. The Bertz CT molecular complexity index is 1550. The van der Waals surface area contributed by atoms with Crippen molar-refractivity contribution >= 4 is 28.4 Å². The number of anilines is 2. The predicted octanol–water partition coefficient (Wildman–Crippen LogP) is 5.20. The third-order valence-electron chi connectivity index (χ3n) is 7.05. The number of aromatic nitrogens is 3. The number of benzene rings is 3. The summed E-state index contributed by atoms with van der Waals surface area (Å²) in [5.74, 6) is 0.883. The molecule has 1 aliphatic rings. The highest BCUT2D eigenvalue weighted by atomic mass is 16.1. The van der Waals surface area contributed by atoms with Crippen LogP contribution in [0.2, 0.25) is 0 Å². The molecular weight excluding hydrogens is 484 g/mol. The van der Waals surface area contributed by atoms with E-state index in [2.05, 4.69) is 43.3 Å². The molecule has 1 aliphatic heterocycles. The molecule has 0 unspecified atom stereocenters. The van der Waals surface area contributed by atoms with Gasteiger partial charge in [0.2, 0.25) is 5.91 Å². The van der Waals surface area contributed by atoms with Crippen LogP contribution in [0, 0.1) is 0 Å². The van der Waals surface area contributed by atoms with Crippen molar-refractivity contribution in [2.24, 2.45) is 0 Å². The highest BCUT2D eigenvalue weighted by Gasteiger charge is 2.19. The number of fused-ring (bicyclic) bond motifs is 1. The summed E-state index contributed by atoms with van der Waals surface area (Å²) in [6, 6.07) is 29.9. The normalized spacial score (nSPS) is 13.9. The van der Waals surface area contributed by atoms with Crippen LogP contribution < -0.4 is 10.2 Å². The van der Waals surface area contributed by atoms with E-state index in [4.69, 9.17) is 4.98 Å². The average molecular weight is 515 g/mol. The first-order chi connectivity index (χ1) is 19.2. The highest BCUT2D eigenvalue weighted by Crippen LogP contribution is 2.26. The number of hydrogen-bond acceptors (Lipinski definition) is 6. The zero-order chi connectivity index (χ0) is 26.4. The zero-order valence-corrected chi connectivity index (χ0v) is 21.7. The van der Waals surface area contributed by atoms with Gasteiger partial charge in [-0.2, -0.15) is 0 Å². The van der Waals surface area contributed by atoms with Crippen LogP contribution in [0.15, 0.2) is 103 Å². The topological polar surface area (TPSA) is 74.2 Å². The van der Waals surface area contributed by atoms with Crippen LogP contribution in [0.1, 0.15) is 11.3 Å². The quantitative estimate of drug-likeness (QED) is 0.322.